The third-order valence-corrected chi connectivity index (χ3v) is 5.85. The maximum Gasteiger partial charge on any atom is 0.258 e. The molecule has 0 aliphatic rings. The first-order valence-electron chi connectivity index (χ1n) is 9.12. The highest BCUT2D eigenvalue weighted by Crippen LogP contribution is 2.28. The van der Waals surface area contributed by atoms with Crippen molar-refractivity contribution in [3.8, 4) is 11.5 Å². The molecule has 29 heavy (non-hydrogen) atoms. The van der Waals surface area contributed by atoms with Crippen LogP contribution in [0.3, 0.4) is 0 Å². The van der Waals surface area contributed by atoms with Crippen LogP contribution in [-0.4, -0.2) is 34.6 Å². The van der Waals surface area contributed by atoms with E-state index in [4.69, 9.17) is 21.1 Å². The first kappa shape index (κ1) is 23.0. The van der Waals surface area contributed by atoms with E-state index >= 15 is 0 Å². The van der Waals surface area contributed by atoms with Gasteiger partial charge in [0.1, 0.15) is 11.5 Å². The van der Waals surface area contributed by atoms with Crippen LogP contribution >= 0.6 is 11.6 Å². The van der Waals surface area contributed by atoms with Gasteiger partial charge in [-0.1, -0.05) is 36.7 Å². The molecule has 0 aromatic heterocycles. The van der Waals surface area contributed by atoms with Crippen LogP contribution in [-0.2, 0) is 14.8 Å². The number of sulfonamides is 1. The molecule has 0 spiro atoms. The van der Waals surface area contributed by atoms with Gasteiger partial charge in [-0.15, -0.1) is 0 Å². The summed E-state index contributed by atoms with van der Waals surface area (Å²) in [5, 5.41) is 2.93. The Morgan fingerprint density at radius 3 is 2.55 bits per heavy atom. The second-order valence-electron chi connectivity index (χ2n) is 6.31. The summed E-state index contributed by atoms with van der Waals surface area (Å²) in [6.45, 7) is 3.78. The molecule has 0 aliphatic carbocycles. The summed E-state index contributed by atoms with van der Waals surface area (Å²) >= 11 is 6.13. The van der Waals surface area contributed by atoms with E-state index in [9.17, 15) is 13.2 Å². The second kappa shape index (κ2) is 10.5. The van der Waals surface area contributed by atoms with Gasteiger partial charge in [0, 0.05) is 12.1 Å². The molecule has 158 valence electrons. The highest BCUT2D eigenvalue weighted by Gasteiger charge is 2.17. The van der Waals surface area contributed by atoms with Gasteiger partial charge >= 0.3 is 0 Å². The smallest absolute Gasteiger partial charge is 0.258 e. The highest BCUT2D eigenvalue weighted by atomic mass is 35.5. The summed E-state index contributed by atoms with van der Waals surface area (Å²) < 4.78 is 37.5. The van der Waals surface area contributed by atoms with Crippen molar-refractivity contribution >= 4 is 27.5 Å². The molecule has 2 N–H and O–H groups in total. The number of hydrogen-bond acceptors (Lipinski definition) is 5. The van der Waals surface area contributed by atoms with Gasteiger partial charge in [0.2, 0.25) is 10.0 Å². The molecule has 0 saturated heterocycles. The summed E-state index contributed by atoms with van der Waals surface area (Å²) in [6.07, 6.45) is 0.677. The molecule has 2 rings (SSSR count). The number of ether oxygens (including phenoxy) is 2. The van der Waals surface area contributed by atoms with Crippen molar-refractivity contribution in [2.24, 2.45) is 0 Å². The van der Waals surface area contributed by atoms with Crippen LogP contribution in [0.4, 0.5) is 0 Å². The molecular weight excluding hydrogens is 416 g/mol. The number of amides is 1. The van der Waals surface area contributed by atoms with Gasteiger partial charge in [-0.3, -0.25) is 4.79 Å². The van der Waals surface area contributed by atoms with Crippen LogP contribution in [0.25, 0.3) is 0 Å². The molecule has 2 aromatic carbocycles. The fourth-order valence-electron chi connectivity index (χ4n) is 2.61. The van der Waals surface area contributed by atoms with E-state index in [1.807, 2.05) is 38.1 Å². The maximum atomic E-state index is 12.2. The zero-order valence-electron chi connectivity index (χ0n) is 16.6. The normalized spacial score (nSPS) is 12.3. The van der Waals surface area contributed by atoms with Crippen molar-refractivity contribution in [3.63, 3.8) is 0 Å². The molecule has 7 nitrogen and oxygen atoms in total. The second-order valence-corrected chi connectivity index (χ2v) is 8.48. The van der Waals surface area contributed by atoms with E-state index in [1.54, 1.807) is 7.11 Å². The molecule has 9 heteroatoms. The summed E-state index contributed by atoms with van der Waals surface area (Å²) in [4.78, 5) is 12.3. The van der Waals surface area contributed by atoms with E-state index in [0.717, 1.165) is 5.56 Å². The van der Waals surface area contributed by atoms with Crippen LogP contribution in [0, 0.1) is 0 Å². The number of methoxy groups -OCH3 is 1. The Hall–Kier alpha value is -2.29. The van der Waals surface area contributed by atoms with Gasteiger partial charge in [-0.05, 0) is 37.6 Å². The predicted octanol–water partition coefficient (Wildman–Crippen LogP) is 3.29. The van der Waals surface area contributed by atoms with Gasteiger partial charge in [-0.2, -0.15) is 0 Å². The number of para-hydroxylation sites is 1. The largest absolute Gasteiger partial charge is 0.496 e. The summed E-state index contributed by atoms with van der Waals surface area (Å²) in [5.74, 6) is 0.555. The van der Waals surface area contributed by atoms with Crippen molar-refractivity contribution in [1.82, 2.24) is 10.0 Å². The molecule has 0 saturated carbocycles. The van der Waals surface area contributed by atoms with Crippen LogP contribution in [0.15, 0.2) is 47.4 Å². The number of carbonyl (C=O) groups excluding carboxylic acids is 1. The van der Waals surface area contributed by atoms with Crippen molar-refractivity contribution in [1.29, 1.82) is 0 Å². The molecule has 0 fully saturated rings. The molecule has 0 bridgehead atoms. The van der Waals surface area contributed by atoms with E-state index in [-0.39, 0.29) is 34.2 Å². The Balaban J connectivity index is 1.98. The van der Waals surface area contributed by atoms with Gasteiger partial charge in [0.15, 0.2) is 6.61 Å². The van der Waals surface area contributed by atoms with Gasteiger partial charge in [0.25, 0.3) is 5.91 Å². The maximum absolute atomic E-state index is 12.2. The van der Waals surface area contributed by atoms with E-state index < -0.39 is 10.0 Å². The van der Waals surface area contributed by atoms with E-state index in [2.05, 4.69) is 10.0 Å². The number of carbonyl (C=O) groups is 1. The van der Waals surface area contributed by atoms with Crippen molar-refractivity contribution in [2.75, 3.05) is 20.3 Å². The van der Waals surface area contributed by atoms with Crippen LogP contribution in [0.2, 0.25) is 5.02 Å². The van der Waals surface area contributed by atoms with Crippen LogP contribution in [0.5, 0.6) is 11.5 Å². The molecule has 1 amide bonds. The van der Waals surface area contributed by atoms with Crippen LogP contribution < -0.4 is 19.5 Å². The molecular formula is C20H25ClN2O5S. The minimum Gasteiger partial charge on any atom is -0.496 e. The topological polar surface area (TPSA) is 93.7 Å². The third-order valence-electron chi connectivity index (χ3n) is 4.10. The summed E-state index contributed by atoms with van der Waals surface area (Å²) in [6, 6.07) is 11.2. The molecule has 0 unspecified atom stereocenters. The van der Waals surface area contributed by atoms with Crippen molar-refractivity contribution < 1.29 is 22.7 Å². The fourth-order valence-corrected chi connectivity index (χ4v) is 4.07. The Labute approximate surface area is 176 Å². The lowest BCUT2D eigenvalue weighted by molar-refractivity contribution is -0.123. The lowest BCUT2D eigenvalue weighted by atomic mass is 10.1. The van der Waals surface area contributed by atoms with Gasteiger partial charge in [0.05, 0.1) is 23.1 Å². The van der Waals surface area contributed by atoms with Gasteiger partial charge < -0.3 is 14.8 Å². The SMILES string of the molecule is CCCNS(=O)(=O)c1ccc(OCC(=O)N[C@H](C)c2ccccc2OC)c(Cl)c1. The van der Waals surface area contributed by atoms with Gasteiger partial charge in [-0.25, -0.2) is 13.1 Å². The Kier molecular flexibility index (Phi) is 8.31. The number of hydrogen-bond donors (Lipinski definition) is 2. The lowest BCUT2D eigenvalue weighted by Gasteiger charge is -2.17. The van der Waals surface area contributed by atoms with Crippen LogP contribution in [0.1, 0.15) is 31.9 Å². The summed E-state index contributed by atoms with van der Waals surface area (Å²) in [7, 11) is -2.06. The molecule has 0 aliphatic heterocycles. The standard InChI is InChI=1S/C20H25ClN2O5S/c1-4-11-22-29(25,26)15-9-10-19(17(21)12-15)28-13-20(24)23-14(2)16-7-5-6-8-18(16)27-3/h5-10,12,14,22H,4,11,13H2,1-3H3,(H,23,24)/t14-/m1/s1. The minimum absolute atomic E-state index is 0.0394. The number of rotatable bonds is 10. The highest BCUT2D eigenvalue weighted by molar-refractivity contribution is 7.89. The fraction of sp³-hybridized carbons (Fsp3) is 0.350. The molecule has 0 heterocycles. The average molecular weight is 441 g/mol. The predicted molar refractivity (Wildman–Crippen MR) is 112 cm³/mol. The number of nitrogens with one attached hydrogen (secondary N) is 2. The summed E-state index contributed by atoms with van der Waals surface area (Å²) in [5.41, 5.74) is 0.843. The molecule has 0 radical (unpaired) electrons. The zero-order chi connectivity index (χ0) is 21.4. The molecule has 1 atom stereocenters. The minimum atomic E-state index is -3.63. The first-order valence-corrected chi connectivity index (χ1v) is 11.0. The number of benzene rings is 2. The quantitative estimate of drug-likeness (QED) is 0.591. The number of halogens is 1. The Morgan fingerprint density at radius 1 is 1.17 bits per heavy atom. The molecule has 2 aromatic rings. The zero-order valence-corrected chi connectivity index (χ0v) is 18.1. The lowest BCUT2D eigenvalue weighted by Crippen LogP contribution is -2.31. The monoisotopic (exact) mass is 440 g/mol. The average Bonchev–Trinajstić information content (AvgIpc) is 2.71. The Bertz CT molecular complexity index is 950. The third kappa shape index (κ3) is 6.35. The van der Waals surface area contributed by atoms with E-state index in [1.165, 1.54) is 18.2 Å². The van der Waals surface area contributed by atoms with Crippen molar-refractivity contribution in [3.05, 3.63) is 53.1 Å². The van der Waals surface area contributed by atoms with Crippen molar-refractivity contribution in [2.45, 2.75) is 31.2 Å². The van der Waals surface area contributed by atoms with E-state index in [0.29, 0.717) is 18.7 Å². The Morgan fingerprint density at radius 2 is 1.90 bits per heavy atom. The first-order chi connectivity index (χ1) is 13.8.